The molecule has 2 aliphatic rings. The zero-order valence-electron chi connectivity index (χ0n) is 15.7. The highest BCUT2D eigenvalue weighted by Crippen LogP contribution is 2.29. The van der Waals surface area contributed by atoms with Crippen LogP contribution in [0.25, 0.3) is 0 Å². The molecule has 144 valence electrons. The quantitative estimate of drug-likeness (QED) is 0.473. The molecule has 25 heavy (non-hydrogen) atoms. The van der Waals surface area contributed by atoms with Gasteiger partial charge in [-0.05, 0) is 57.8 Å². The largest absolute Gasteiger partial charge is 0.464 e. The minimum Gasteiger partial charge on any atom is -0.464 e. The van der Waals surface area contributed by atoms with Gasteiger partial charge in [-0.3, -0.25) is 0 Å². The van der Waals surface area contributed by atoms with Crippen molar-refractivity contribution in [3.63, 3.8) is 0 Å². The van der Waals surface area contributed by atoms with Crippen LogP contribution in [0, 0.1) is 11.8 Å². The Bertz CT molecular complexity index is 430. The van der Waals surface area contributed by atoms with Crippen molar-refractivity contribution in [3.05, 3.63) is 0 Å². The van der Waals surface area contributed by atoms with Crippen molar-refractivity contribution in [2.45, 2.75) is 77.6 Å². The molecule has 6 heteroatoms. The van der Waals surface area contributed by atoms with Crippen molar-refractivity contribution in [2.24, 2.45) is 11.8 Å². The predicted molar refractivity (Wildman–Crippen MR) is 92.0 cm³/mol. The van der Waals surface area contributed by atoms with E-state index in [9.17, 15) is 9.59 Å². The molecule has 2 aliphatic carbocycles. The Kier molecular flexibility index (Phi) is 8.16. The molecule has 2 saturated carbocycles. The lowest BCUT2D eigenvalue weighted by Gasteiger charge is -2.20. The van der Waals surface area contributed by atoms with Crippen LogP contribution in [0.1, 0.15) is 59.3 Å². The van der Waals surface area contributed by atoms with E-state index in [2.05, 4.69) is 0 Å². The van der Waals surface area contributed by atoms with E-state index in [1.165, 1.54) is 25.7 Å². The Morgan fingerprint density at radius 2 is 1.44 bits per heavy atom. The monoisotopic (exact) mass is 356 g/mol. The number of hydrogen-bond donors (Lipinski definition) is 0. The molecule has 0 saturated heterocycles. The number of ether oxygens (including phenoxy) is 4. The summed E-state index contributed by atoms with van der Waals surface area (Å²) in [7, 11) is 0. The fourth-order valence-corrected chi connectivity index (χ4v) is 2.28. The minimum atomic E-state index is -0.548. The summed E-state index contributed by atoms with van der Waals surface area (Å²) >= 11 is 0. The van der Waals surface area contributed by atoms with Gasteiger partial charge >= 0.3 is 11.9 Å². The fraction of sp³-hybridized carbons (Fsp3) is 0.895. The van der Waals surface area contributed by atoms with E-state index in [0.29, 0.717) is 37.9 Å². The third kappa shape index (κ3) is 8.19. The van der Waals surface area contributed by atoms with Gasteiger partial charge in [-0.2, -0.15) is 0 Å². The Morgan fingerprint density at radius 1 is 0.920 bits per heavy atom. The standard InChI is InChI=1S/C19H32O6/c1-4-17(25-19(21)14(3)24-12-16-7-8-16)9-10-22-18(20)13(2)23-11-15-5-6-15/h13-17H,4-12H2,1-3H3/t13-,14-,17-/m1/s1. The Labute approximate surface area is 150 Å². The van der Waals surface area contributed by atoms with E-state index < -0.39 is 12.2 Å². The molecule has 2 rings (SSSR count). The van der Waals surface area contributed by atoms with Crippen molar-refractivity contribution >= 4 is 11.9 Å². The van der Waals surface area contributed by atoms with Crippen LogP contribution in [-0.2, 0) is 28.5 Å². The SMILES string of the molecule is CC[C@H](CCOC(=O)[C@@H](C)OCC1CC1)OC(=O)[C@@H](C)OCC1CC1. The van der Waals surface area contributed by atoms with E-state index in [4.69, 9.17) is 18.9 Å². The van der Waals surface area contributed by atoms with Crippen LogP contribution in [0.3, 0.4) is 0 Å². The summed E-state index contributed by atoms with van der Waals surface area (Å²) in [6.45, 7) is 6.85. The van der Waals surface area contributed by atoms with Crippen LogP contribution in [0.15, 0.2) is 0 Å². The Morgan fingerprint density at radius 3 is 1.92 bits per heavy atom. The molecule has 0 bridgehead atoms. The summed E-state index contributed by atoms with van der Waals surface area (Å²) in [6.07, 6.45) is 4.55. The number of carbonyl (C=O) groups excluding carboxylic acids is 2. The summed E-state index contributed by atoms with van der Waals surface area (Å²) in [6, 6.07) is 0. The van der Waals surface area contributed by atoms with Gasteiger partial charge in [0.05, 0.1) is 19.8 Å². The van der Waals surface area contributed by atoms with Crippen LogP contribution in [-0.4, -0.2) is 50.1 Å². The van der Waals surface area contributed by atoms with Crippen LogP contribution in [0.4, 0.5) is 0 Å². The van der Waals surface area contributed by atoms with Crippen molar-refractivity contribution in [1.29, 1.82) is 0 Å². The Balaban J connectivity index is 1.57. The number of carbonyl (C=O) groups is 2. The average Bonchev–Trinajstić information content (AvgIpc) is 3.49. The maximum absolute atomic E-state index is 12.0. The summed E-state index contributed by atoms with van der Waals surface area (Å²) in [5.74, 6) is 0.520. The topological polar surface area (TPSA) is 71.1 Å². The molecule has 3 atom stereocenters. The second-order valence-electron chi connectivity index (χ2n) is 7.26. The molecule has 0 aromatic rings. The van der Waals surface area contributed by atoms with E-state index in [1.807, 2.05) is 6.92 Å². The van der Waals surface area contributed by atoms with Crippen LogP contribution >= 0.6 is 0 Å². The van der Waals surface area contributed by atoms with Gasteiger partial charge < -0.3 is 18.9 Å². The van der Waals surface area contributed by atoms with Gasteiger partial charge in [-0.25, -0.2) is 9.59 Å². The molecule has 6 nitrogen and oxygen atoms in total. The molecule has 0 spiro atoms. The first-order chi connectivity index (χ1) is 12.0. The van der Waals surface area contributed by atoms with Crippen molar-refractivity contribution in [1.82, 2.24) is 0 Å². The van der Waals surface area contributed by atoms with E-state index in [1.54, 1.807) is 13.8 Å². The second-order valence-corrected chi connectivity index (χ2v) is 7.26. The van der Waals surface area contributed by atoms with Gasteiger partial charge in [-0.1, -0.05) is 6.92 Å². The predicted octanol–water partition coefficient (Wildman–Crippen LogP) is 2.87. The molecule has 0 amide bonds. The molecule has 2 fully saturated rings. The lowest BCUT2D eigenvalue weighted by molar-refractivity contribution is -0.164. The highest BCUT2D eigenvalue weighted by atomic mass is 16.6. The minimum absolute atomic E-state index is 0.221. The summed E-state index contributed by atoms with van der Waals surface area (Å²) < 4.78 is 21.7. The second kappa shape index (κ2) is 10.1. The molecule has 0 N–H and O–H groups in total. The lowest BCUT2D eigenvalue weighted by Crippen LogP contribution is -2.30. The third-order valence-corrected chi connectivity index (χ3v) is 4.64. The van der Waals surface area contributed by atoms with Crippen LogP contribution in [0.5, 0.6) is 0 Å². The number of esters is 2. The van der Waals surface area contributed by atoms with Gasteiger partial charge in [0.25, 0.3) is 0 Å². The molecule has 0 aromatic heterocycles. The van der Waals surface area contributed by atoms with Crippen molar-refractivity contribution in [3.8, 4) is 0 Å². The van der Waals surface area contributed by atoms with Crippen molar-refractivity contribution < 1.29 is 28.5 Å². The zero-order valence-corrected chi connectivity index (χ0v) is 15.7. The van der Waals surface area contributed by atoms with E-state index >= 15 is 0 Å². The first kappa shape index (κ1) is 20.2. The summed E-state index contributed by atoms with van der Waals surface area (Å²) in [4.78, 5) is 23.9. The maximum atomic E-state index is 12.0. The van der Waals surface area contributed by atoms with Crippen LogP contribution in [0.2, 0.25) is 0 Å². The van der Waals surface area contributed by atoms with E-state index in [0.717, 1.165) is 0 Å². The first-order valence-electron chi connectivity index (χ1n) is 9.59. The average molecular weight is 356 g/mol. The zero-order chi connectivity index (χ0) is 18.2. The summed E-state index contributed by atoms with van der Waals surface area (Å²) in [5, 5.41) is 0. The number of rotatable bonds is 13. The van der Waals surface area contributed by atoms with Gasteiger partial charge in [0.1, 0.15) is 6.10 Å². The molecule has 0 radical (unpaired) electrons. The highest BCUT2D eigenvalue weighted by molar-refractivity contribution is 5.74. The molecule has 0 aromatic carbocycles. The highest BCUT2D eigenvalue weighted by Gasteiger charge is 2.26. The number of hydrogen-bond acceptors (Lipinski definition) is 6. The lowest BCUT2D eigenvalue weighted by atomic mass is 10.2. The molecule has 0 unspecified atom stereocenters. The van der Waals surface area contributed by atoms with Crippen LogP contribution < -0.4 is 0 Å². The Hall–Kier alpha value is -1.14. The molecular weight excluding hydrogens is 324 g/mol. The maximum Gasteiger partial charge on any atom is 0.335 e. The fourth-order valence-electron chi connectivity index (χ4n) is 2.28. The normalized spacial score (nSPS) is 20.6. The van der Waals surface area contributed by atoms with Gasteiger partial charge in [-0.15, -0.1) is 0 Å². The molecule has 0 heterocycles. The molecular formula is C19H32O6. The smallest absolute Gasteiger partial charge is 0.335 e. The summed E-state index contributed by atoms with van der Waals surface area (Å²) in [5.41, 5.74) is 0. The van der Waals surface area contributed by atoms with Crippen molar-refractivity contribution in [2.75, 3.05) is 19.8 Å². The molecule has 0 aliphatic heterocycles. The van der Waals surface area contributed by atoms with Gasteiger partial charge in [0, 0.05) is 6.42 Å². The third-order valence-electron chi connectivity index (χ3n) is 4.64. The first-order valence-corrected chi connectivity index (χ1v) is 9.59. The van der Waals surface area contributed by atoms with Gasteiger partial charge in [0.2, 0.25) is 0 Å². The van der Waals surface area contributed by atoms with Gasteiger partial charge in [0.15, 0.2) is 12.2 Å². The van der Waals surface area contributed by atoms with E-state index in [-0.39, 0.29) is 24.6 Å².